The van der Waals surface area contributed by atoms with Crippen LogP contribution in [0.2, 0.25) is 0 Å². The molecular formula is C17H22O4. The van der Waals surface area contributed by atoms with Crippen molar-refractivity contribution >= 4 is 0 Å². The maximum Gasteiger partial charge on any atom is 0.160 e. The highest BCUT2D eigenvalue weighted by Crippen LogP contribution is 2.31. The fourth-order valence-corrected chi connectivity index (χ4v) is 1.62. The molecule has 4 nitrogen and oxygen atoms in total. The van der Waals surface area contributed by atoms with E-state index in [1.807, 2.05) is 6.07 Å². The van der Waals surface area contributed by atoms with Crippen molar-refractivity contribution in [3.8, 4) is 23.0 Å². The van der Waals surface area contributed by atoms with Gasteiger partial charge in [-0.25, -0.2) is 0 Å². The zero-order chi connectivity index (χ0) is 16.0. The number of methoxy groups -OCH3 is 1. The Kier molecular flexibility index (Phi) is 5.47. The summed E-state index contributed by atoms with van der Waals surface area (Å²) in [5.41, 5.74) is 1.02. The van der Waals surface area contributed by atoms with Gasteiger partial charge in [-0.05, 0) is 35.2 Å². The van der Waals surface area contributed by atoms with Gasteiger partial charge in [0, 0.05) is 0 Å². The van der Waals surface area contributed by atoms with E-state index in [4.69, 9.17) is 14.9 Å². The molecule has 2 aromatic rings. The van der Waals surface area contributed by atoms with Crippen molar-refractivity contribution in [2.24, 2.45) is 0 Å². The summed E-state index contributed by atoms with van der Waals surface area (Å²) in [5, 5.41) is 27.3. The topological polar surface area (TPSA) is 69.9 Å². The van der Waals surface area contributed by atoms with E-state index in [0.717, 1.165) is 5.56 Å². The van der Waals surface area contributed by atoms with E-state index in [-0.39, 0.29) is 22.7 Å². The van der Waals surface area contributed by atoms with Gasteiger partial charge in [-0.15, -0.1) is 0 Å². The molecule has 4 heteroatoms. The van der Waals surface area contributed by atoms with Crippen LogP contribution in [0.3, 0.4) is 0 Å². The van der Waals surface area contributed by atoms with Gasteiger partial charge >= 0.3 is 0 Å². The SMILES string of the molecule is CC(C)(C)c1ccc(O)c(O)c1.COc1ccccc1O. The number of hydrogen-bond acceptors (Lipinski definition) is 4. The van der Waals surface area contributed by atoms with Crippen molar-refractivity contribution in [2.75, 3.05) is 7.11 Å². The molecule has 2 aromatic carbocycles. The third kappa shape index (κ3) is 4.91. The van der Waals surface area contributed by atoms with Crippen LogP contribution >= 0.6 is 0 Å². The molecule has 0 aromatic heterocycles. The lowest BCUT2D eigenvalue weighted by atomic mass is 9.87. The molecular weight excluding hydrogens is 268 g/mol. The van der Waals surface area contributed by atoms with Crippen molar-refractivity contribution < 1.29 is 20.1 Å². The van der Waals surface area contributed by atoms with Crippen molar-refractivity contribution in [3.63, 3.8) is 0 Å². The van der Waals surface area contributed by atoms with Crippen LogP contribution in [0.4, 0.5) is 0 Å². The minimum absolute atomic E-state index is 0.00514. The zero-order valence-electron chi connectivity index (χ0n) is 12.8. The second-order valence-electron chi connectivity index (χ2n) is 5.63. The number of phenols is 3. The van der Waals surface area contributed by atoms with Crippen LogP contribution in [0.25, 0.3) is 0 Å². The summed E-state index contributed by atoms with van der Waals surface area (Å²) in [4.78, 5) is 0. The molecule has 0 heterocycles. The Bertz CT molecular complexity index is 586. The minimum atomic E-state index is -0.0667. The van der Waals surface area contributed by atoms with E-state index >= 15 is 0 Å². The molecule has 0 aliphatic carbocycles. The summed E-state index contributed by atoms with van der Waals surface area (Å²) < 4.78 is 4.79. The van der Waals surface area contributed by atoms with Gasteiger partial charge in [0.05, 0.1) is 7.11 Å². The smallest absolute Gasteiger partial charge is 0.160 e. The fourth-order valence-electron chi connectivity index (χ4n) is 1.62. The van der Waals surface area contributed by atoms with Gasteiger partial charge in [0.2, 0.25) is 0 Å². The van der Waals surface area contributed by atoms with Crippen molar-refractivity contribution in [3.05, 3.63) is 48.0 Å². The van der Waals surface area contributed by atoms with Gasteiger partial charge < -0.3 is 20.1 Å². The van der Waals surface area contributed by atoms with Crippen LogP contribution in [-0.4, -0.2) is 22.4 Å². The Hall–Kier alpha value is -2.36. The molecule has 0 amide bonds. The van der Waals surface area contributed by atoms with E-state index in [0.29, 0.717) is 5.75 Å². The van der Waals surface area contributed by atoms with Crippen molar-refractivity contribution in [1.29, 1.82) is 0 Å². The largest absolute Gasteiger partial charge is 0.504 e. The summed E-state index contributed by atoms with van der Waals surface area (Å²) >= 11 is 0. The lowest BCUT2D eigenvalue weighted by Gasteiger charge is -2.19. The molecule has 0 saturated carbocycles. The third-order valence-electron chi connectivity index (χ3n) is 2.93. The maximum absolute atomic E-state index is 9.21. The quantitative estimate of drug-likeness (QED) is 0.699. The minimum Gasteiger partial charge on any atom is -0.504 e. The number of ether oxygens (including phenoxy) is 1. The van der Waals surface area contributed by atoms with Crippen molar-refractivity contribution in [1.82, 2.24) is 0 Å². The van der Waals surface area contributed by atoms with Gasteiger partial charge in [0.1, 0.15) is 0 Å². The molecule has 0 fully saturated rings. The monoisotopic (exact) mass is 290 g/mol. The summed E-state index contributed by atoms with van der Waals surface area (Å²) in [7, 11) is 1.52. The van der Waals surface area contributed by atoms with Gasteiger partial charge in [-0.2, -0.15) is 0 Å². The molecule has 0 atom stereocenters. The fraction of sp³-hybridized carbons (Fsp3) is 0.294. The Labute approximate surface area is 125 Å². The van der Waals surface area contributed by atoms with Crippen LogP contribution in [0.15, 0.2) is 42.5 Å². The van der Waals surface area contributed by atoms with E-state index in [1.165, 1.54) is 13.2 Å². The first kappa shape index (κ1) is 16.7. The first-order chi connectivity index (χ1) is 9.75. The van der Waals surface area contributed by atoms with Crippen LogP contribution < -0.4 is 4.74 Å². The summed E-state index contributed by atoms with van der Waals surface area (Å²) in [6.07, 6.45) is 0. The highest BCUT2D eigenvalue weighted by Gasteiger charge is 2.14. The molecule has 0 radical (unpaired) electrons. The average molecular weight is 290 g/mol. The predicted octanol–water partition coefficient (Wildman–Crippen LogP) is 3.80. The van der Waals surface area contributed by atoms with E-state index in [9.17, 15) is 5.11 Å². The number of aromatic hydroxyl groups is 3. The lowest BCUT2D eigenvalue weighted by molar-refractivity contribution is 0.373. The number of para-hydroxylation sites is 2. The predicted molar refractivity (Wildman–Crippen MR) is 83.1 cm³/mol. The maximum atomic E-state index is 9.21. The summed E-state index contributed by atoms with van der Waals surface area (Å²) in [6.45, 7) is 6.16. The molecule has 0 spiro atoms. The summed E-state index contributed by atoms with van der Waals surface area (Å²) in [5.74, 6) is 0.572. The van der Waals surface area contributed by atoms with Gasteiger partial charge in [-0.3, -0.25) is 0 Å². The van der Waals surface area contributed by atoms with Crippen LogP contribution in [0.5, 0.6) is 23.0 Å². The lowest BCUT2D eigenvalue weighted by Crippen LogP contribution is -2.10. The average Bonchev–Trinajstić information content (AvgIpc) is 2.42. The van der Waals surface area contributed by atoms with Crippen LogP contribution in [0, 0.1) is 0 Å². The standard InChI is InChI=1S/C10H14O2.C7H8O2/c1-10(2,3)7-4-5-8(11)9(12)6-7;1-9-7-5-3-2-4-6(7)8/h4-6,11-12H,1-3H3;2-5,8H,1H3. The zero-order valence-corrected chi connectivity index (χ0v) is 12.8. The highest BCUT2D eigenvalue weighted by atomic mass is 16.5. The Balaban J connectivity index is 0.000000219. The molecule has 0 saturated heterocycles. The van der Waals surface area contributed by atoms with E-state index < -0.39 is 0 Å². The van der Waals surface area contributed by atoms with Gasteiger partial charge in [0.25, 0.3) is 0 Å². The molecule has 21 heavy (non-hydrogen) atoms. The second-order valence-corrected chi connectivity index (χ2v) is 5.63. The Morgan fingerprint density at radius 2 is 1.43 bits per heavy atom. The number of rotatable bonds is 1. The highest BCUT2D eigenvalue weighted by molar-refractivity contribution is 5.42. The summed E-state index contributed by atoms with van der Waals surface area (Å²) in [6, 6.07) is 11.8. The molecule has 0 unspecified atom stereocenters. The second kappa shape index (κ2) is 6.88. The Morgan fingerprint density at radius 1 is 0.810 bits per heavy atom. The molecule has 3 N–H and O–H groups in total. The first-order valence-electron chi connectivity index (χ1n) is 6.60. The van der Waals surface area contributed by atoms with Crippen molar-refractivity contribution in [2.45, 2.75) is 26.2 Å². The molecule has 114 valence electrons. The van der Waals surface area contributed by atoms with Crippen LogP contribution in [0.1, 0.15) is 26.3 Å². The van der Waals surface area contributed by atoms with E-state index in [1.54, 1.807) is 30.3 Å². The molecule has 0 bridgehead atoms. The van der Waals surface area contributed by atoms with E-state index in [2.05, 4.69) is 20.8 Å². The Morgan fingerprint density at radius 3 is 1.86 bits per heavy atom. The first-order valence-corrected chi connectivity index (χ1v) is 6.60. The number of phenolic OH excluding ortho intramolecular Hbond substituents is 3. The molecule has 2 rings (SSSR count). The molecule has 0 aliphatic rings. The normalized spacial score (nSPS) is 10.5. The van der Waals surface area contributed by atoms with Crippen LogP contribution in [-0.2, 0) is 5.41 Å². The third-order valence-corrected chi connectivity index (χ3v) is 2.93. The number of benzene rings is 2. The number of hydrogen-bond donors (Lipinski definition) is 3. The molecule has 0 aliphatic heterocycles. The van der Waals surface area contributed by atoms with Gasteiger partial charge in [0.15, 0.2) is 23.0 Å². The van der Waals surface area contributed by atoms with Gasteiger partial charge in [-0.1, -0.05) is 39.0 Å².